The Bertz CT molecular complexity index is 1220. The Hall–Kier alpha value is -3.03. The van der Waals surface area contributed by atoms with Crippen LogP contribution in [0.15, 0.2) is 42.7 Å². The molecule has 0 unspecified atom stereocenters. The van der Waals surface area contributed by atoms with Gasteiger partial charge in [0.1, 0.15) is 0 Å². The predicted octanol–water partition coefficient (Wildman–Crippen LogP) is 5.07. The molecule has 0 atom stereocenters. The zero-order chi connectivity index (χ0) is 23.7. The molecule has 1 fully saturated rings. The molecule has 7 nitrogen and oxygen atoms in total. The van der Waals surface area contributed by atoms with Gasteiger partial charge in [0.25, 0.3) is 5.91 Å². The van der Waals surface area contributed by atoms with E-state index in [4.69, 9.17) is 16.3 Å². The van der Waals surface area contributed by atoms with Crippen molar-refractivity contribution < 1.29 is 9.53 Å². The van der Waals surface area contributed by atoms with Gasteiger partial charge < -0.3 is 15.4 Å². The number of halogens is 1. The van der Waals surface area contributed by atoms with E-state index in [9.17, 15) is 4.79 Å². The maximum Gasteiger partial charge on any atom is 0.251 e. The summed E-state index contributed by atoms with van der Waals surface area (Å²) in [6.45, 7) is 5.86. The van der Waals surface area contributed by atoms with Crippen molar-refractivity contribution in [2.75, 3.05) is 18.5 Å². The molecule has 0 spiro atoms. The second kappa shape index (κ2) is 9.31. The van der Waals surface area contributed by atoms with E-state index >= 15 is 0 Å². The summed E-state index contributed by atoms with van der Waals surface area (Å²) in [5.41, 5.74) is 5.49. The van der Waals surface area contributed by atoms with Crippen LogP contribution in [0.3, 0.4) is 0 Å². The third-order valence-electron chi connectivity index (χ3n) is 6.67. The molecule has 1 amide bonds. The van der Waals surface area contributed by atoms with Crippen molar-refractivity contribution in [3.8, 4) is 11.3 Å². The van der Waals surface area contributed by atoms with Gasteiger partial charge >= 0.3 is 0 Å². The van der Waals surface area contributed by atoms with Crippen LogP contribution in [0, 0.1) is 0 Å². The van der Waals surface area contributed by atoms with E-state index in [2.05, 4.69) is 45.5 Å². The van der Waals surface area contributed by atoms with Gasteiger partial charge in [0.15, 0.2) is 0 Å². The molecule has 1 aromatic carbocycles. The lowest BCUT2D eigenvalue weighted by atomic mass is 9.86. The van der Waals surface area contributed by atoms with Gasteiger partial charge in [-0.05, 0) is 67.0 Å². The zero-order valence-electron chi connectivity index (χ0n) is 19.4. The van der Waals surface area contributed by atoms with Crippen molar-refractivity contribution in [3.63, 3.8) is 0 Å². The van der Waals surface area contributed by atoms with Gasteiger partial charge in [-0.1, -0.05) is 25.4 Å². The van der Waals surface area contributed by atoms with E-state index in [1.54, 1.807) is 24.4 Å². The van der Waals surface area contributed by atoms with Crippen molar-refractivity contribution in [2.24, 2.45) is 0 Å². The Labute approximate surface area is 204 Å². The molecule has 2 aliphatic rings. The Kier molecular flexibility index (Phi) is 6.23. The molecule has 0 radical (unpaired) electrons. The highest BCUT2D eigenvalue weighted by molar-refractivity contribution is 6.33. The van der Waals surface area contributed by atoms with E-state index < -0.39 is 0 Å². The summed E-state index contributed by atoms with van der Waals surface area (Å²) >= 11 is 6.49. The number of hydrogen-bond donors (Lipinski definition) is 2. The molecule has 34 heavy (non-hydrogen) atoms. The van der Waals surface area contributed by atoms with E-state index in [1.165, 1.54) is 11.3 Å². The van der Waals surface area contributed by atoms with Gasteiger partial charge in [-0.2, -0.15) is 0 Å². The van der Waals surface area contributed by atoms with E-state index in [1.807, 2.05) is 12.3 Å². The van der Waals surface area contributed by atoms with Crippen molar-refractivity contribution in [2.45, 2.75) is 51.0 Å². The second-order valence-electron chi connectivity index (χ2n) is 9.55. The number of carbonyl (C=O) groups excluding carboxylic acids is 1. The first-order chi connectivity index (χ1) is 16.4. The van der Waals surface area contributed by atoms with Crippen molar-refractivity contribution in [3.05, 3.63) is 64.6 Å². The minimum atomic E-state index is -0.134. The third-order valence-corrected chi connectivity index (χ3v) is 6.98. The van der Waals surface area contributed by atoms with E-state index in [0.29, 0.717) is 35.4 Å². The number of anilines is 2. The number of amides is 1. The first-order valence-electron chi connectivity index (χ1n) is 11.7. The van der Waals surface area contributed by atoms with Gasteiger partial charge in [0.05, 0.1) is 16.4 Å². The molecule has 1 aliphatic carbocycles. The Morgan fingerprint density at radius 1 is 1.15 bits per heavy atom. The number of ether oxygens (including phenoxy) is 1. The number of rotatable bonds is 5. The first-order valence-corrected chi connectivity index (χ1v) is 12.0. The number of benzene rings is 1. The lowest BCUT2D eigenvalue weighted by molar-refractivity contribution is 0.0696. The maximum atomic E-state index is 12.6. The molecule has 1 aliphatic heterocycles. The van der Waals surface area contributed by atoms with Crippen molar-refractivity contribution >= 4 is 29.1 Å². The fourth-order valence-corrected chi connectivity index (χ4v) is 4.78. The monoisotopic (exact) mass is 477 g/mol. The summed E-state index contributed by atoms with van der Waals surface area (Å²) in [5, 5.41) is 6.65. The molecule has 0 saturated carbocycles. The quantitative estimate of drug-likeness (QED) is 0.533. The first kappa shape index (κ1) is 22.7. The zero-order valence-corrected chi connectivity index (χ0v) is 20.2. The Balaban J connectivity index is 1.32. The minimum absolute atomic E-state index is 0.124. The lowest BCUT2D eigenvalue weighted by Gasteiger charge is -2.23. The summed E-state index contributed by atoms with van der Waals surface area (Å²) < 4.78 is 5.35. The van der Waals surface area contributed by atoms with E-state index in [-0.39, 0.29) is 17.4 Å². The van der Waals surface area contributed by atoms with Crippen LogP contribution in [-0.4, -0.2) is 40.1 Å². The summed E-state index contributed by atoms with van der Waals surface area (Å²) in [7, 11) is 0. The molecule has 0 bridgehead atoms. The molecule has 3 heterocycles. The van der Waals surface area contributed by atoms with Crippen LogP contribution in [0.1, 0.15) is 54.7 Å². The van der Waals surface area contributed by atoms with Crippen LogP contribution < -0.4 is 10.6 Å². The number of nitrogens with zero attached hydrogens (tertiary/aromatic N) is 3. The molecule has 2 aromatic heterocycles. The van der Waals surface area contributed by atoms with Gasteiger partial charge in [-0.15, -0.1) is 0 Å². The van der Waals surface area contributed by atoms with Gasteiger partial charge in [0, 0.05) is 48.5 Å². The standard InChI is InChI=1S/C26H28ClN5O2/c1-26(2)9-5-22-19(26)13-17(15-29-22)21-6-10-28-25(31-21)32-23-4-3-16(14-20(23)27)24(33)30-18-7-11-34-12-8-18/h3-4,6,10,13-15,18H,5,7-9,11-12H2,1-2H3,(H,30,33)(H,28,31,32). The minimum Gasteiger partial charge on any atom is -0.381 e. The number of nitrogens with one attached hydrogen (secondary N) is 2. The van der Waals surface area contributed by atoms with Gasteiger partial charge in [-0.25, -0.2) is 9.97 Å². The van der Waals surface area contributed by atoms with Crippen molar-refractivity contribution in [1.29, 1.82) is 0 Å². The summed E-state index contributed by atoms with van der Waals surface area (Å²) in [4.78, 5) is 26.3. The molecule has 8 heteroatoms. The largest absolute Gasteiger partial charge is 0.381 e. The van der Waals surface area contributed by atoms with Gasteiger partial charge in [-0.3, -0.25) is 9.78 Å². The average Bonchev–Trinajstić information content (AvgIpc) is 3.15. The van der Waals surface area contributed by atoms with Crippen LogP contribution in [0.4, 0.5) is 11.6 Å². The smallest absolute Gasteiger partial charge is 0.251 e. The predicted molar refractivity (Wildman–Crippen MR) is 133 cm³/mol. The van der Waals surface area contributed by atoms with Crippen LogP contribution in [-0.2, 0) is 16.6 Å². The number of aryl methyl sites for hydroxylation is 1. The number of fused-ring (bicyclic) bond motifs is 1. The molecular formula is C26H28ClN5O2. The van der Waals surface area contributed by atoms with Crippen LogP contribution in [0.25, 0.3) is 11.3 Å². The highest BCUT2D eigenvalue weighted by atomic mass is 35.5. The molecular weight excluding hydrogens is 450 g/mol. The fourth-order valence-electron chi connectivity index (χ4n) is 4.55. The highest BCUT2D eigenvalue weighted by Crippen LogP contribution is 2.38. The van der Waals surface area contributed by atoms with Crippen LogP contribution in [0.5, 0.6) is 0 Å². The topological polar surface area (TPSA) is 89.0 Å². The SMILES string of the molecule is CC1(C)CCc2ncc(-c3ccnc(Nc4ccc(C(=O)NC5CCOCC5)cc4Cl)n3)cc21. The Morgan fingerprint density at radius 3 is 2.76 bits per heavy atom. The fraction of sp³-hybridized carbons (Fsp3) is 0.385. The molecule has 2 N–H and O–H groups in total. The highest BCUT2D eigenvalue weighted by Gasteiger charge is 2.31. The summed E-state index contributed by atoms with van der Waals surface area (Å²) in [6, 6.07) is 9.39. The average molecular weight is 478 g/mol. The number of carbonyl (C=O) groups is 1. The summed E-state index contributed by atoms with van der Waals surface area (Å²) in [6.07, 6.45) is 7.36. The molecule has 176 valence electrons. The second-order valence-corrected chi connectivity index (χ2v) is 9.95. The van der Waals surface area contributed by atoms with Crippen molar-refractivity contribution in [1.82, 2.24) is 20.3 Å². The normalized spacial score (nSPS) is 17.3. The number of hydrogen-bond acceptors (Lipinski definition) is 6. The van der Waals surface area contributed by atoms with Crippen LogP contribution in [0.2, 0.25) is 5.02 Å². The lowest BCUT2D eigenvalue weighted by Crippen LogP contribution is -2.38. The van der Waals surface area contributed by atoms with Gasteiger partial charge in [0.2, 0.25) is 5.95 Å². The van der Waals surface area contributed by atoms with Crippen LogP contribution >= 0.6 is 11.6 Å². The molecule has 5 rings (SSSR count). The molecule has 1 saturated heterocycles. The summed E-state index contributed by atoms with van der Waals surface area (Å²) in [5.74, 6) is 0.296. The maximum absolute atomic E-state index is 12.6. The molecule has 3 aromatic rings. The van der Waals surface area contributed by atoms with E-state index in [0.717, 1.165) is 36.9 Å². The number of pyridine rings is 1. The third kappa shape index (κ3) is 4.76. The number of aromatic nitrogens is 3. The Morgan fingerprint density at radius 2 is 1.97 bits per heavy atom.